The number of carbonyl (C=O) groups is 1. The minimum Gasteiger partial charge on any atom is -0.492 e. The van der Waals surface area contributed by atoms with Crippen molar-refractivity contribution in [2.24, 2.45) is 5.73 Å². The molecule has 0 aliphatic heterocycles. The van der Waals surface area contributed by atoms with Crippen molar-refractivity contribution in [1.29, 1.82) is 0 Å². The lowest BCUT2D eigenvalue weighted by Gasteiger charge is -2.15. The number of amides is 1. The van der Waals surface area contributed by atoms with Crippen molar-refractivity contribution >= 4 is 17.3 Å². The number of nitro benzene ring substituents is 1. The molecule has 3 N–H and O–H groups in total. The lowest BCUT2D eigenvalue weighted by atomic mass is 10.1. The molecule has 0 unspecified atom stereocenters. The van der Waals surface area contributed by atoms with Gasteiger partial charge in [-0.2, -0.15) is 13.2 Å². The molecule has 1 amide bonds. The molecule has 0 saturated carbocycles. The van der Waals surface area contributed by atoms with Gasteiger partial charge >= 0.3 is 6.18 Å². The molecule has 0 aliphatic carbocycles. The zero-order valence-corrected chi connectivity index (χ0v) is 14.2. The first kappa shape index (κ1) is 20.0. The normalized spacial score (nSPS) is 11.1. The van der Waals surface area contributed by atoms with Crippen LogP contribution in [0, 0.1) is 10.1 Å². The summed E-state index contributed by atoms with van der Waals surface area (Å²) in [6, 6.07) is 6.59. The number of rotatable bonds is 7. The summed E-state index contributed by atoms with van der Waals surface area (Å²) in [6.45, 7) is 1.75. The number of anilines is 1. The minimum atomic E-state index is -4.55. The third kappa shape index (κ3) is 4.87. The number of nitrogens with one attached hydrogen (secondary N) is 1. The molecule has 2 aromatic rings. The van der Waals surface area contributed by atoms with Crippen LogP contribution in [0.5, 0.6) is 5.75 Å². The van der Waals surface area contributed by atoms with Gasteiger partial charge in [0.15, 0.2) is 0 Å². The average Bonchev–Trinajstić information content (AvgIpc) is 2.59. The van der Waals surface area contributed by atoms with E-state index in [1.165, 1.54) is 18.2 Å². The molecule has 7 nitrogen and oxygen atoms in total. The Hall–Kier alpha value is -3.30. The van der Waals surface area contributed by atoms with Crippen molar-refractivity contribution in [2.75, 3.05) is 11.9 Å². The number of hydrogen-bond acceptors (Lipinski definition) is 5. The highest BCUT2D eigenvalue weighted by molar-refractivity contribution is 5.93. The molecular formula is C17H16F3N3O4. The molecule has 2 aromatic carbocycles. The maximum absolute atomic E-state index is 12.9. The van der Waals surface area contributed by atoms with Crippen LogP contribution in [-0.2, 0) is 12.7 Å². The highest BCUT2D eigenvalue weighted by Gasteiger charge is 2.31. The molecule has 0 fully saturated rings. The number of halogens is 3. The van der Waals surface area contributed by atoms with Crippen LogP contribution in [0.3, 0.4) is 0 Å². The van der Waals surface area contributed by atoms with Gasteiger partial charge in [-0.3, -0.25) is 14.9 Å². The van der Waals surface area contributed by atoms with Crippen LogP contribution in [0.25, 0.3) is 0 Å². The van der Waals surface area contributed by atoms with Gasteiger partial charge in [0, 0.05) is 23.7 Å². The summed E-state index contributed by atoms with van der Waals surface area (Å²) in [6.07, 6.45) is -4.55. The van der Waals surface area contributed by atoms with Crippen molar-refractivity contribution < 1.29 is 27.6 Å². The number of nitrogens with two attached hydrogens (primary N) is 1. The lowest BCUT2D eigenvalue weighted by molar-refractivity contribution is -0.385. The van der Waals surface area contributed by atoms with E-state index in [0.29, 0.717) is 0 Å². The molecule has 0 radical (unpaired) electrons. The number of benzene rings is 2. The van der Waals surface area contributed by atoms with Crippen LogP contribution < -0.4 is 15.8 Å². The number of nitrogens with zero attached hydrogens (tertiary/aromatic N) is 1. The number of alkyl halides is 3. The van der Waals surface area contributed by atoms with Crippen LogP contribution in [0.2, 0.25) is 0 Å². The topological polar surface area (TPSA) is 107 Å². The molecule has 0 aromatic heterocycles. The average molecular weight is 383 g/mol. The Morgan fingerprint density at radius 1 is 1.26 bits per heavy atom. The van der Waals surface area contributed by atoms with Crippen LogP contribution >= 0.6 is 0 Å². The summed E-state index contributed by atoms with van der Waals surface area (Å²) in [5, 5.41) is 13.9. The second-order valence-electron chi connectivity index (χ2n) is 5.46. The summed E-state index contributed by atoms with van der Waals surface area (Å²) in [5.41, 5.74) is 4.02. The molecule has 0 aliphatic rings. The third-order valence-corrected chi connectivity index (χ3v) is 3.64. The van der Waals surface area contributed by atoms with Crippen LogP contribution in [-0.4, -0.2) is 17.4 Å². The molecule has 0 heterocycles. The lowest BCUT2D eigenvalue weighted by Crippen LogP contribution is -2.12. The van der Waals surface area contributed by atoms with E-state index in [9.17, 15) is 28.1 Å². The Morgan fingerprint density at radius 2 is 1.96 bits per heavy atom. The largest absolute Gasteiger partial charge is 0.492 e. The zero-order valence-electron chi connectivity index (χ0n) is 14.2. The fourth-order valence-corrected chi connectivity index (χ4v) is 2.35. The molecule has 2 rings (SSSR count). The van der Waals surface area contributed by atoms with Gasteiger partial charge in [-0.1, -0.05) is 0 Å². The van der Waals surface area contributed by atoms with Gasteiger partial charge in [-0.25, -0.2) is 0 Å². The highest BCUT2D eigenvalue weighted by Crippen LogP contribution is 2.35. The Balaban J connectivity index is 2.35. The van der Waals surface area contributed by atoms with Crippen LogP contribution in [0.1, 0.15) is 28.4 Å². The number of primary amides is 1. The van der Waals surface area contributed by atoms with Gasteiger partial charge in [0.25, 0.3) is 5.69 Å². The molecule has 144 valence electrons. The van der Waals surface area contributed by atoms with Crippen LogP contribution in [0.4, 0.5) is 24.5 Å². The van der Waals surface area contributed by atoms with E-state index in [4.69, 9.17) is 10.5 Å². The zero-order chi connectivity index (χ0) is 20.2. The van der Waals surface area contributed by atoms with Gasteiger partial charge in [-0.15, -0.1) is 0 Å². The Labute approximate surface area is 152 Å². The Bertz CT molecular complexity index is 869. The first-order valence-electron chi connectivity index (χ1n) is 7.78. The first-order valence-corrected chi connectivity index (χ1v) is 7.78. The minimum absolute atomic E-state index is 0.0416. The smallest absolute Gasteiger partial charge is 0.416 e. The monoisotopic (exact) mass is 383 g/mol. The second-order valence-corrected chi connectivity index (χ2v) is 5.46. The van der Waals surface area contributed by atoms with E-state index in [0.717, 1.165) is 18.2 Å². The number of carbonyl (C=O) groups excluding carboxylic acids is 1. The van der Waals surface area contributed by atoms with E-state index in [1.54, 1.807) is 6.92 Å². The number of ether oxygens (including phenoxy) is 1. The molecule has 27 heavy (non-hydrogen) atoms. The quantitative estimate of drug-likeness (QED) is 0.560. The summed E-state index contributed by atoms with van der Waals surface area (Å²) >= 11 is 0. The maximum atomic E-state index is 12.9. The Morgan fingerprint density at radius 3 is 2.52 bits per heavy atom. The molecule has 0 atom stereocenters. The third-order valence-electron chi connectivity index (χ3n) is 3.64. The van der Waals surface area contributed by atoms with Crippen molar-refractivity contribution in [3.63, 3.8) is 0 Å². The molecule has 10 heteroatoms. The van der Waals surface area contributed by atoms with E-state index in [1.807, 2.05) is 0 Å². The van der Waals surface area contributed by atoms with Crippen molar-refractivity contribution in [3.05, 3.63) is 63.2 Å². The summed E-state index contributed by atoms with van der Waals surface area (Å²) in [5.74, 6) is -0.643. The predicted molar refractivity (Wildman–Crippen MR) is 91.6 cm³/mol. The summed E-state index contributed by atoms with van der Waals surface area (Å²) in [7, 11) is 0. The molecule has 0 saturated heterocycles. The SMILES string of the molecule is CCOc1ccc(C(F)(F)F)cc1NCc1ccc(C(N)=O)cc1[N+](=O)[O-]. The Kier molecular flexibility index (Phi) is 5.88. The maximum Gasteiger partial charge on any atom is 0.416 e. The second kappa shape index (κ2) is 7.94. The van der Waals surface area contributed by atoms with Gasteiger partial charge in [0.05, 0.1) is 22.8 Å². The van der Waals surface area contributed by atoms with E-state index in [-0.39, 0.29) is 41.4 Å². The molecular weight excluding hydrogens is 367 g/mol. The van der Waals surface area contributed by atoms with Crippen LogP contribution in [0.15, 0.2) is 36.4 Å². The van der Waals surface area contributed by atoms with E-state index >= 15 is 0 Å². The highest BCUT2D eigenvalue weighted by atomic mass is 19.4. The first-order chi connectivity index (χ1) is 12.6. The van der Waals surface area contributed by atoms with Gasteiger partial charge in [0.1, 0.15) is 5.75 Å². The van der Waals surface area contributed by atoms with E-state index in [2.05, 4.69) is 5.32 Å². The van der Waals surface area contributed by atoms with Gasteiger partial charge in [-0.05, 0) is 37.3 Å². The fourth-order valence-electron chi connectivity index (χ4n) is 2.35. The van der Waals surface area contributed by atoms with Crippen molar-refractivity contribution in [2.45, 2.75) is 19.6 Å². The number of nitro groups is 1. The summed E-state index contributed by atoms with van der Waals surface area (Å²) < 4.78 is 44.1. The standard InChI is InChI=1S/C17H16F3N3O4/c1-2-27-15-6-5-12(17(18,19)20)8-13(15)22-9-11-4-3-10(16(21)24)7-14(11)23(25)26/h3-8,22H,2,9H2,1H3,(H2,21,24). The summed E-state index contributed by atoms with van der Waals surface area (Å²) in [4.78, 5) is 21.7. The van der Waals surface area contributed by atoms with Gasteiger partial charge in [0.2, 0.25) is 5.91 Å². The number of hydrogen-bond donors (Lipinski definition) is 2. The predicted octanol–water partition coefficient (Wildman–Crippen LogP) is 3.72. The van der Waals surface area contributed by atoms with Crippen molar-refractivity contribution in [1.82, 2.24) is 0 Å². The fraction of sp³-hybridized carbons (Fsp3) is 0.235. The van der Waals surface area contributed by atoms with Gasteiger partial charge < -0.3 is 15.8 Å². The molecule has 0 spiro atoms. The van der Waals surface area contributed by atoms with Crippen molar-refractivity contribution in [3.8, 4) is 5.75 Å². The molecule has 0 bridgehead atoms. The van der Waals surface area contributed by atoms with E-state index < -0.39 is 22.6 Å².